The van der Waals surface area contributed by atoms with Crippen LogP contribution in [-0.2, 0) is 6.54 Å². The highest BCUT2D eigenvalue weighted by molar-refractivity contribution is 9.10. The fraction of sp³-hybridized carbons (Fsp3) is 0.333. The molecule has 18 heavy (non-hydrogen) atoms. The molecule has 1 N–H and O–H groups in total. The first-order valence-electron chi connectivity index (χ1n) is 6.26. The summed E-state index contributed by atoms with van der Waals surface area (Å²) in [6, 6.07) is 11.0. The van der Waals surface area contributed by atoms with Crippen LogP contribution in [0.5, 0.6) is 0 Å². The molecule has 0 fully saturated rings. The number of benzene rings is 1. The third kappa shape index (κ3) is 3.44. The Bertz CT molecular complexity index is 519. The van der Waals surface area contributed by atoms with Crippen LogP contribution < -0.4 is 5.32 Å². The molecule has 1 aromatic carbocycles. The molecule has 1 aromatic heterocycles. The van der Waals surface area contributed by atoms with Crippen molar-refractivity contribution >= 4 is 27.3 Å². The van der Waals surface area contributed by atoms with Crippen molar-refractivity contribution in [3.63, 3.8) is 0 Å². The van der Waals surface area contributed by atoms with E-state index in [2.05, 4.69) is 65.4 Å². The molecule has 0 saturated carbocycles. The number of nitrogens with one attached hydrogen (secondary N) is 1. The lowest BCUT2D eigenvalue weighted by atomic mass is 10.1. The first-order valence-corrected chi connectivity index (χ1v) is 7.87. The van der Waals surface area contributed by atoms with E-state index in [0.29, 0.717) is 0 Å². The van der Waals surface area contributed by atoms with Gasteiger partial charge in [0, 0.05) is 20.8 Å². The van der Waals surface area contributed by atoms with Crippen LogP contribution in [0.15, 0.2) is 34.8 Å². The van der Waals surface area contributed by atoms with Gasteiger partial charge in [-0.1, -0.05) is 28.9 Å². The Morgan fingerprint density at radius 1 is 1.22 bits per heavy atom. The minimum absolute atomic E-state index is 0.980. The highest BCUT2D eigenvalue weighted by Crippen LogP contribution is 2.30. The van der Waals surface area contributed by atoms with Crippen molar-refractivity contribution in [3.05, 3.63) is 45.2 Å². The van der Waals surface area contributed by atoms with Gasteiger partial charge in [-0.3, -0.25) is 0 Å². The minimum atomic E-state index is 0.980. The van der Waals surface area contributed by atoms with E-state index in [1.165, 1.54) is 31.8 Å². The average Bonchev–Trinajstić information content (AvgIpc) is 2.82. The van der Waals surface area contributed by atoms with Crippen LogP contribution in [-0.4, -0.2) is 6.54 Å². The van der Waals surface area contributed by atoms with Gasteiger partial charge in [0.05, 0.1) is 0 Å². The lowest BCUT2D eigenvalue weighted by Gasteiger charge is -2.02. The van der Waals surface area contributed by atoms with Gasteiger partial charge < -0.3 is 5.32 Å². The second kappa shape index (κ2) is 6.50. The summed E-state index contributed by atoms with van der Waals surface area (Å²) in [4.78, 5) is 2.75. The summed E-state index contributed by atoms with van der Waals surface area (Å²) in [5, 5.41) is 3.44. The fourth-order valence-electron chi connectivity index (χ4n) is 1.81. The minimum Gasteiger partial charge on any atom is -0.312 e. The van der Waals surface area contributed by atoms with E-state index in [0.717, 1.165) is 13.1 Å². The molecule has 1 heterocycles. The monoisotopic (exact) mass is 323 g/mol. The lowest BCUT2D eigenvalue weighted by molar-refractivity contribution is 0.681. The maximum absolute atomic E-state index is 3.54. The number of thiophene rings is 1. The molecule has 0 aliphatic carbocycles. The van der Waals surface area contributed by atoms with Gasteiger partial charge in [0.1, 0.15) is 0 Å². The third-order valence-electron chi connectivity index (χ3n) is 2.83. The van der Waals surface area contributed by atoms with Crippen LogP contribution in [0.3, 0.4) is 0 Å². The van der Waals surface area contributed by atoms with Gasteiger partial charge in [0.2, 0.25) is 0 Å². The van der Waals surface area contributed by atoms with Crippen LogP contribution in [0.1, 0.15) is 23.8 Å². The standard InChI is InChI=1S/C15H18BrNS/c1-3-8-17-10-13-5-7-15(18-13)12-4-6-14(16)11(2)9-12/h4-7,9,17H,3,8,10H2,1-2H3. The van der Waals surface area contributed by atoms with Crippen LogP contribution in [0.2, 0.25) is 0 Å². The molecule has 0 unspecified atom stereocenters. The molecular weight excluding hydrogens is 306 g/mol. The Kier molecular flexibility index (Phi) is 4.98. The van der Waals surface area contributed by atoms with E-state index in [1.54, 1.807) is 0 Å². The number of halogens is 1. The molecule has 0 spiro atoms. The molecule has 1 nitrogen and oxygen atoms in total. The van der Waals surface area contributed by atoms with Gasteiger partial charge in [-0.25, -0.2) is 0 Å². The van der Waals surface area contributed by atoms with Crippen molar-refractivity contribution < 1.29 is 0 Å². The number of hydrogen-bond donors (Lipinski definition) is 1. The number of hydrogen-bond acceptors (Lipinski definition) is 2. The SMILES string of the molecule is CCCNCc1ccc(-c2ccc(Br)c(C)c2)s1. The average molecular weight is 324 g/mol. The van der Waals surface area contributed by atoms with E-state index in [-0.39, 0.29) is 0 Å². The topological polar surface area (TPSA) is 12.0 Å². The van der Waals surface area contributed by atoms with Gasteiger partial charge in [-0.15, -0.1) is 11.3 Å². The summed E-state index contributed by atoms with van der Waals surface area (Å²) >= 11 is 5.42. The fourth-order valence-corrected chi connectivity index (χ4v) is 3.03. The summed E-state index contributed by atoms with van der Waals surface area (Å²) in [5.41, 5.74) is 2.59. The predicted octanol–water partition coefficient (Wildman–Crippen LogP) is 4.99. The predicted molar refractivity (Wildman–Crippen MR) is 84.2 cm³/mol. The first-order chi connectivity index (χ1) is 8.70. The van der Waals surface area contributed by atoms with Crippen molar-refractivity contribution in [2.75, 3.05) is 6.54 Å². The Labute approximate surface area is 121 Å². The van der Waals surface area contributed by atoms with Gasteiger partial charge in [-0.2, -0.15) is 0 Å². The maximum atomic E-state index is 3.54. The Balaban J connectivity index is 2.11. The van der Waals surface area contributed by atoms with E-state index < -0.39 is 0 Å². The zero-order valence-electron chi connectivity index (χ0n) is 10.8. The number of aryl methyl sites for hydroxylation is 1. The molecule has 2 aromatic rings. The Hall–Kier alpha value is -0.640. The van der Waals surface area contributed by atoms with Gasteiger partial charge in [-0.05, 0) is 55.3 Å². The second-order valence-electron chi connectivity index (χ2n) is 4.41. The van der Waals surface area contributed by atoms with Crippen LogP contribution in [0, 0.1) is 6.92 Å². The molecule has 0 aliphatic heterocycles. The van der Waals surface area contributed by atoms with Gasteiger partial charge in [0.15, 0.2) is 0 Å². The quantitative estimate of drug-likeness (QED) is 0.764. The van der Waals surface area contributed by atoms with E-state index >= 15 is 0 Å². The van der Waals surface area contributed by atoms with Crippen LogP contribution in [0.4, 0.5) is 0 Å². The maximum Gasteiger partial charge on any atom is 0.0346 e. The molecule has 0 aliphatic rings. The Morgan fingerprint density at radius 2 is 2.06 bits per heavy atom. The summed E-state index contributed by atoms with van der Waals surface area (Å²) in [6.45, 7) is 6.39. The molecular formula is C15H18BrNS. The zero-order chi connectivity index (χ0) is 13.0. The van der Waals surface area contributed by atoms with Crippen LogP contribution >= 0.6 is 27.3 Å². The van der Waals surface area contributed by atoms with E-state index in [1.807, 2.05) is 11.3 Å². The Morgan fingerprint density at radius 3 is 2.78 bits per heavy atom. The molecule has 0 atom stereocenters. The smallest absolute Gasteiger partial charge is 0.0346 e. The summed E-state index contributed by atoms with van der Waals surface area (Å²) in [5.74, 6) is 0. The normalized spacial score (nSPS) is 10.8. The van der Waals surface area contributed by atoms with Crippen molar-refractivity contribution in [2.24, 2.45) is 0 Å². The van der Waals surface area contributed by atoms with Crippen LogP contribution in [0.25, 0.3) is 10.4 Å². The van der Waals surface area contributed by atoms with Crippen molar-refractivity contribution in [2.45, 2.75) is 26.8 Å². The molecule has 0 amide bonds. The summed E-state index contributed by atoms with van der Waals surface area (Å²) in [7, 11) is 0. The van der Waals surface area contributed by atoms with E-state index in [9.17, 15) is 0 Å². The highest BCUT2D eigenvalue weighted by Gasteiger charge is 2.04. The highest BCUT2D eigenvalue weighted by atomic mass is 79.9. The van der Waals surface area contributed by atoms with Crippen molar-refractivity contribution in [3.8, 4) is 10.4 Å². The van der Waals surface area contributed by atoms with Gasteiger partial charge >= 0.3 is 0 Å². The molecule has 0 bridgehead atoms. The molecule has 0 radical (unpaired) electrons. The van der Waals surface area contributed by atoms with Crippen molar-refractivity contribution in [1.29, 1.82) is 0 Å². The van der Waals surface area contributed by atoms with Gasteiger partial charge in [0.25, 0.3) is 0 Å². The summed E-state index contributed by atoms with van der Waals surface area (Å²) in [6.07, 6.45) is 1.18. The first kappa shape index (κ1) is 13.8. The zero-order valence-corrected chi connectivity index (χ0v) is 13.2. The second-order valence-corrected chi connectivity index (χ2v) is 6.43. The molecule has 2 rings (SSSR count). The molecule has 3 heteroatoms. The molecule has 96 valence electrons. The van der Waals surface area contributed by atoms with Crippen molar-refractivity contribution in [1.82, 2.24) is 5.32 Å². The lowest BCUT2D eigenvalue weighted by Crippen LogP contribution is -2.12. The third-order valence-corrected chi connectivity index (χ3v) is 4.85. The number of rotatable bonds is 5. The van der Waals surface area contributed by atoms with E-state index in [4.69, 9.17) is 0 Å². The summed E-state index contributed by atoms with van der Waals surface area (Å²) < 4.78 is 1.17. The molecule has 0 saturated heterocycles. The largest absolute Gasteiger partial charge is 0.312 e.